The Hall–Kier alpha value is -1.11. The van der Waals surface area contributed by atoms with Crippen molar-refractivity contribution in [2.24, 2.45) is 5.92 Å². The van der Waals surface area contributed by atoms with Gasteiger partial charge in [-0.2, -0.15) is 0 Å². The van der Waals surface area contributed by atoms with Crippen LogP contribution in [-0.4, -0.2) is 118 Å². The summed E-state index contributed by atoms with van der Waals surface area (Å²) in [5.74, 6) is 0.139. The van der Waals surface area contributed by atoms with Gasteiger partial charge in [0.25, 0.3) is 0 Å². The second-order valence-corrected chi connectivity index (χ2v) is 7.67. The molecule has 0 fully saturated rings. The molecule has 0 aromatic heterocycles. The number of carbonyl (C=O) groups excluding carboxylic acids is 1. The average molecular weight is 495 g/mol. The molecule has 34 heavy (non-hydrogen) atoms. The molecule has 0 spiro atoms. The molecule has 0 saturated carbocycles. The molecular weight excluding hydrogens is 448 g/mol. The van der Waals surface area contributed by atoms with E-state index in [0.29, 0.717) is 111 Å². The van der Waals surface area contributed by atoms with E-state index in [-0.39, 0.29) is 6.61 Å². The Morgan fingerprint density at radius 2 is 0.794 bits per heavy atom. The molecule has 0 aliphatic rings. The van der Waals surface area contributed by atoms with Crippen LogP contribution in [0.3, 0.4) is 0 Å². The van der Waals surface area contributed by atoms with Crippen LogP contribution in [0.5, 0.6) is 0 Å². The Kier molecular flexibility index (Phi) is 25.6. The minimum Gasteiger partial charge on any atom is -0.460 e. The first-order chi connectivity index (χ1) is 16.5. The number of hydrogen-bond donors (Lipinski definition) is 0. The second kappa shape index (κ2) is 26.5. The maximum Gasteiger partial charge on any atom is 0.333 e. The van der Waals surface area contributed by atoms with E-state index in [4.69, 9.17) is 42.6 Å². The zero-order chi connectivity index (χ0) is 25.1. The van der Waals surface area contributed by atoms with Gasteiger partial charge in [0.15, 0.2) is 0 Å². The predicted molar refractivity (Wildman–Crippen MR) is 127 cm³/mol. The van der Waals surface area contributed by atoms with Crippen LogP contribution in [0.1, 0.15) is 20.8 Å². The van der Waals surface area contributed by atoms with Gasteiger partial charge >= 0.3 is 5.97 Å². The van der Waals surface area contributed by atoms with Crippen molar-refractivity contribution in [1.82, 2.24) is 0 Å². The third-order valence-electron chi connectivity index (χ3n) is 3.86. The van der Waals surface area contributed by atoms with Crippen LogP contribution >= 0.6 is 0 Å². The molecule has 0 radical (unpaired) electrons. The summed E-state index contributed by atoms with van der Waals surface area (Å²) in [5.41, 5.74) is 0.375. The number of hydrogen-bond acceptors (Lipinski definition) is 10. The van der Waals surface area contributed by atoms with E-state index < -0.39 is 5.97 Å². The summed E-state index contributed by atoms with van der Waals surface area (Å²) in [6.07, 6.45) is 0. The maximum atomic E-state index is 11.1. The number of esters is 1. The molecular formula is C24H46O10. The molecule has 0 unspecified atom stereocenters. The molecule has 0 heterocycles. The van der Waals surface area contributed by atoms with Gasteiger partial charge in [0.1, 0.15) is 6.61 Å². The lowest BCUT2D eigenvalue weighted by Gasteiger charge is -2.09. The molecule has 0 aromatic rings. The van der Waals surface area contributed by atoms with Gasteiger partial charge in [0, 0.05) is 12.2 Å². The molecule has 0 saturated heterocycles. The second-order valence-electron chi connectivity index (χ2n) is 7.67. The van der Waals surface area contributed by atoms with Gasteiger partial charge in [-0.15, -0.1) is 0 Å². The van der Waals surface area contributed by atoms with Gasteiger partial charge < -0.3 is 42.6 Å². The highest BCUT2D eigenvalue weighted by atomic mass is 16.6. The molecule has 0 amide bonds. The van der Waals surface area contributed by atoms with Crippen molar-refractivity contribution in [2.75, 3.05) is 112 Å². The predicted octanol–water partition coefficient (Wildman–Crippen LogP) is 1.89. The highest BCUT2D eigenvalue weighted by molar-refractivity contribution is 5.86. The van der Waals surface area contributed by atoms with Gasteiger partial charge in [-0.05, 0) is 12.8 Å². The fourth-order valence-corrected chi connectivity index (χ4v) is 2.17. The Balaban J connectivity index is 3.06. The number of rotatable bonds is 27. The molecule has 202 valence electrons. The van der Waals surface area contributed by atoms with Crippen LogP contribution in [-0.2, 0) is 47.4 Å². The van der Waals surface area contributed by atoms with Gasteiger partial charge in [-0.1, -0.05) is 20.4 Å². The number of ether oxygens (including phenoxy) is 9. The summed E-state index contributed by atoms with van der Waals surface area (Å²) < 4.78 is 48.1. The molecule has 0 bridgehead atoms. The van der Waals surface area contributed by atoms with Crippen molar-refractivity contribution in [3.05, 3.63) is 12.2 Å². The van der Waals surface area contributed by atoms with Crippen molar-refractivity contribution < 1.29 is 47.4 Å². The summed E-state index contributed by atoms with van der Waals surface area (Å²) in [5, 5.41) is 0. The molecule has 0 atom stereocenters. The SMILES string of the molecule is C=C(C)C(=O)OCCOCCOCCOCCOCCOCCOCCOCCOCC(C)C. The summed E-state index contributed by atoms with van der Waals surface area (Å²) in [6.45, 7) is 17.9. The topological polar surface area (TPSA) is 100 Å². The van der Waals surface area contributed by atoms with Crippen molar-refractivity contribution in [3.63, 3.8) is 0 Å². The lowest BCUT2D eigenvalue weighted by molar-refractivity contribution is -0.140. The van der Waals surface area contributed by atoms with E-state index in [1.54, 1.807) is 6.92 Å². The zero-order valence-electron chi connectivity index (χ0n) is 21.4. The van der Waals surface area contributed by atoms with Crippen molar-refractivity contribution in [1.29, 1.82) is 0 Å². The lowest BCUT2D eigenvalue weighted by Crippen LogP contribution is -2.15. The van der Waals surface area contributed by atoms with Gasteiger partial charge in [-0.25, -0.2) is 4.79 Å². The highest BCUT2D eigenvalue weighted by Crippen LogP contribution is 1.93. The maximum absolute atomic E-state index is 11.1. The molecule has 0 aromatic carbocycles. The average Bonchev–Trinajstić information content (AvgIpc) is 2.80. The third-order valence-corrected chi connectivity index (χ3v) is 3.86. The first-order valence-electron chi connectivity index (χ1n) is 12.0. The standard InChI is InChI=1S/C24H46O10/c1-22(2)21-33-18-17-31-14-13-29-10-9-27-6-5-26-7-8-28-11-12-30-15-16-32-19-20-34-24(25)23(3)4/h22H,3,5-21H2,1-2,4H3. The first-order valence-corrected chi connectivity index (χ1v) is 12.0. The van der Waals surface area contributed by atoms with Gasteiger partial charge in [0.2, 0.25) is 0 Å². The molecule has 10 heteroatoms. The normalized spacial score (nSPS) is 11.3. The Morgan fingerprint density at radius 1 is 0.529 bits per heavy atom. The Morgan fingerprint density at radius 3 is 1.06 bits per heavy atom. The monoisotopic (exact) mass is 494 g/mol. The summed E-state index contributed by atoms with van der Waals surface area (Å²) in [4.78, 5) is 11.1. The largest absolute Gasteiger partial charge is 0.460 e. The van der Waals surface area contributed by atoms with Crippen molar-refractivity contribution in [2.45, 2.75) is 20.8 Å². The molecule has 10 nitrogen and oxygen atoms in total. The quantitative estimate of drug-likeness (QED) is 0.0956. The smallest absolute Gasteiger partial charge is 0.333 e. The van der Waals surface area contributed by atoms with Crippen LogP contribution < -0.4 is 0 Å². The van der Waals surface area contributed by atoms with Crippen LogP contribution in [0, 0.1) is 5.92 Å². The van der Waals surface area contributed by atoms with E-state index in [1.165, 1.54) is 0 Å². The summed E-state index contributed by atoms with van der Waals surface area (Å²) in [7, 11) is 0. The first kappa shape index (κ1) is 32.9. The fraction of sp³-hybridized carbons (Fsp3) is 0.875. The van der Waals surface area contributed by atoms with Crippen LogP contribution in [0.15, 0.2) is 12.2 Å². The zero-order valence-corrected chi connectivity index (χ0v) is 21.4. The van der Waals surface area contributed by atoms with Gasteiger partial charge in [-0.3, -0.25) is 0 Å². The summed E-state index contributed by atoms with van der Waals surface area (Å²) in [6, 6.07) is 0. The van der Waals surface area contributed by atoms with E-state index in [2.05, 4.69) is 20.4 Å². The minimum absolute atomic E-state index is 0.207. The lowest BCUT2D eigenvalue weighted by atomic mass is 10.2. The molecule has 0 aliphatic carbocycles. The van der Waals surface area contributed by atoms with Crippen LogP contribution in [0.25, 0.3) is 0 Å². The molecule has 0 N–H and O–H groups in total. The fourth-order valence-electron chi connectivity index (χ4n) is 2.17. The number of carbonyl (C=O) groups is 1. The van der Waals surface area contributed by atoms with E-state index >= 15 is 0 Å². The van der Waals surface area contributed by atoms with Crippen molar-refractivity contribution >= 4 is 5.97 Å². The van der Waals surface area contributed by atoms with E-state index in [0.717, 1.165) is 6.61 Å². The Labute approximate surface area is 205 Å². The molecule has 0 rings (SSSR count). The minimum atomic E-state index is -0.407. The third kappa shape index (κ3) is 27.1. The highest BCUT2D eigenvalue weighted by Gasteiger charge is 2.01. The Bertz CT molecular complexity index is 459. The van der Waals surface area contributed by atoms with Crippen LogP contribution in [0.4, 0.5) is 0 Å². The van der Waals surface area contributed by atoms with Crippen molar-refractivity contribution in [3.8, 4) is 0 Å². The summed E-state index contributed by atoms with van der Waals surface area (Å²) >= 11 is 0. The van der Waals surface area contributed by atoms with E-state index in [1.807, 2.05) is 0 Å². The van der Waals surface area contributed by atoms with Crippen LogP contribution in [0.2, 0.25) is 0 Å². The molecule has 0 aliphatic heterocycles. The van der Waals surface area contributed by atoms with Gasteiger partial charge in [0.05, 0.1) is 99.1 Å². The van der Waals surface area contributed by atoms with E-state index in [9.17, 15) is 4.79 Å².